The fourth-order valence-electron chi connectivity index (χ4n) is 1.91. The van der Waals surface area contributed by atoms with E-state index in [1.165, 1.54) is 26.4 Å². The lowest BCUT2D eigenvalue weighted by molar-refractivity contribution is 0.0697. The van der Waals surface area contributed by atoms with Gasteiger partial charge in [-0.25, -0.2) is 17.9 Å². The Hall–Kier alpha value is -1.68. The number of sulfonamides is 1. The van der Waals surface area contributed by atoms with Crippen molar-refractivity contribution in [3.8, 4) is 0 Å². The highest BCUT2D eigenvalue weighted by Crippen LogP contribution is 2.21. The monoisotopic (exact) mass is 346 g/mol. The molecule has 0 aliphatic carbocycles. The first-order valence-electron chi connectivity index (χ1n) is 6.93. The second-order valence-corrected chi connectivity index (χ2v) is 6.67. The van der Waals surface area contributed by atoms with Gasteiger partial charge in [0.2, 0.25) is 10.0 Å². The quantitative estimate of drug-likeness (QED) is 0.536. The molecule has 0 amide bonds. The van der Waals surface area contributed by atoms with Gasteiger partial charge in [0.25, 0.3) is 0 Å². The Morgan fingerprint density at radius 2 is 2.00 bits per heavy atom. The van der Waals surface area contributed by atoms with Crippen molar-refractivity contribution in [3.63, 3.8) is 0 Å². The number of ether oxygens (including phenoxy) is 2. The molecule has 0 aliphatic rings. The zero-order valence-electron chi connectivity index (χ0n) is 13.3. The zero-order valence-corrected chi connectivity index (χ0v) is 14.1. The number of aromatic carboxylic acids is 1. The maximum Gasteiger partial charge on any atom is 0.337 e. The lowest BCUT2D eigenvalue weighted by Gasteiger charge is -2.17. The summed E-state index contributed by atoms with van der Waals surface area (Å²) in [5, 5.41) is 12.3. The Bertz CT molecular complexity index is 632. The second kappa shape index (κ2) is 8.82. The minimum atomic E-state index is -3.79. The maximum absolute atomic E-state index is 12.1. The van der Waals surface area contributed by atoms with Gasteiger partial charge in [-0.1, -0.05) is 0 Å². The average molecular weight is 346 g/mol. The normalized spacial score (nSPS) is 12.8. The molecule has 0 aromatic heterocycles. The van der Waals surface area contributed by atoms with Crippen molar-refractivity contribution in [2.45, 2.75) is 17.9 Å². The first-order chi connectivity index (χ1) is 10.8. The smallest absolute Gasteiger partial charge is 0.337 e. The predicted molar refractivity (Wildman–Crippen MR) is 85.4 cm³/mol. The van der Waals surface area contributed by atoms with E-state index in [0.29, 0.717) is 12.3 Å². The predicted octanol–water partition coefficient (Wildman–Crippen LogP) is 0.756. The molecule has 9 heteroatoms. The number of hydrogen-bond donors (Lipinski definition) is 3. The molecule has 130 valence electrons. The van der Waals surface area contributed by atoms with Gasteiger partial charge in [0.05, 0.1) is 23.7 Å². The molecular weight excluding hydrogens is 324 g/mol. The van der Waals surface area contributed by atoms with Crippen LogP contribution in [0.2, 0.25) is 0 Å². The van der Waals surface area contributed by atoms with E-state index in [1.807, 2.05) is 6.92 Å². The summed E-state index contributed by atoms with van der Waals surface area (Å²) in [4.78, 5) is 11.3. The van der Waals surface area contributed by atoms with E-state index >= 15 is 0 Å². The Labute approximate surface area is 135 Å². The second-order valence-electron chi connectivity index (χ2n) is 4.90. The summed E-state index contributed by atoms with van der Waals surface area (Å²) in [6, 6.07) is 3.78. The van der Waals surface area contributed by atoms with Gasteiger partial charge in [-0.2, -0.15) is 0 Å². The maximum atomic E-state index is 12.1. The summed E-state index contributed by atoms with van der Waals surface area (Å²) in [5.74, 6) is -1.22. The number of hydrogen-bond acceptors (Lipinski definition) is 6. The SMILES string of the molecule is COCCNS(=O)(=O)c1ccc(N[C@@H](C)COC)c(C(=O)O)c1. The van der Waals surface area contributed by atoms with Crippen molar-refractivity contribution in [2.24, 2.45) is 0 Å². The highest BCUT2D eigenvalue weighted by molar-refractivity contribution is 7.89. The fourth-order valence-corrected chi connectivity index (χ4v) is 2.95. The van der Waals surface area contributed by atoms with Crippen LogP contribution in [0.3, 0.4) is 0 Å². The third-order valence-electron chi connectivity index (χ3n) is 2.95. The Kier molecular flexibility index (Phi) is 7.43. The average Bonchev–Trinajstić information content (AvgIpc) is 2.47. The summed E-state index contributed by atoms with van der Waals surface area (Å²) < 4.78 is 36.3. The van der Waals surface area contributed by atoms with Crippen molar-refractivity contribution < 1.29 is 27.8 Å². The standard InChI is InChI=1S/C14H22N2O6S/c1-10(9-22-3)16-13-5-4-11(8-12(13)14(17)18)23(19,20)15-6-7-21-2/h4-5,8,10,15-16H,6-7,9H2,1-3H3,(H,17,18)/t10-/m0/s1. The minimum absolute atomic E-state index is 0.103. The lowest BCUT2D eigenvalue weighted by Crippen LogP contribution is -2.27. The van der Waals surface area contributed by atoms with Gasteiger partial charge >= 0.3 is 5.97 Å². The summed E-state index contributed by atoms with van der Waals surface area (Å²) in [6.45, 7) is 2.54. The first-order valence-corrected chi connectivity index (χ1v) is 8.41. The molecule has 3 N–H and O–H groups in total. The molecule has 0 heterocycles. The molecule has 1 aromatic carbocycles. The highest BCUT2D eigenvalue weighted by Gasteiger charge is 2.19. The van der Waals surface area contributed by atoms with Crippen LogP contribution in [0, 0.1) is 0 Å². The molecule has 1 atom stereocenters. The van der Waals surface area contributed by atoms with Gasteiger partial charge in [-0.15, -0.1) is 0 Å². The van der Waals surface area contributed by atoms with Crippen molar-refractivity contribution in [1.82, 2.24) is 4.72 Å². The van der Waals surface area contributed by atoms with E-state index in [1.54, 1.807) is 0 Å². The Balaban J connectivity index is 3.05. The highest BCUT2D eigenvalue weighted by atomic mass is 32.2. The van der Waals surface area contributed by atoms with Crippen LogP contribution in [-0.4, -0.2) is 59.5 Å². The molecular formula is C14H22N2O6S. The molecule has 0 spiro atoms. The molecule has 8 nitrogen and oxygen atoms in total. The molecule has 0 unspecified atom stereocenters. The number of benzene rings is 1. The van der Waals surface area contributed by atoms with Crippen LogP contribution in [-0.2, 0) is 19.5 Å². The molecule has 0 fully saturated rings. The van der Waals surface area contributed by atoms with Crippen LogP contribution >= 0.6 is 0 Å². The number of anilines is 1. The van der Waals surface area contributed by atoms with Crippen LogP contribution in [0.4, 0.5) is 5.69 Å². The molecule has 0 bridgehead atoms. The number of methoxy groups -OCH3 is 2. The van der Waals surface area contributed by atoms with Crippen molar-refractivity contribution in [1.29, 1.82) is 0 Å². The lowest BCUT2D eigenvalue weighted by atomic mass is 10.1. The van der Waals surface area contributed by atoms with Gasteiger partial charge in [-0.3, -0.25) is 0 Å². The summed E-state index contributed by atoms with van der Waals surface area (Å²) in [6.07, 6.45) is 0. The fraction of sp³-hybridized carbons (Fsp3) is 0.500. The Morgan fingerprint density at radius 3 is 2.57 bits per heavy atom. The first kappa shape index (κ1) is 19.4. The summed E-state index contributed by atoms with van der Waals surface area (Å²) in [5.41, 5.74) is 0.209. The number of carbonyl (C=O) groups is 1. The third kappa shape index (κ3) is 5.79. The van der Waals surface area contributed by atoms with Crippen molar-refractivity contribution >= 4 is 21.7 Å². The van der Waals surface area contributed by atoms with E-state index in [9.17, 15) is 18.3 Å². The topological polar surface area (TPSA) is 114 Å². The van der Waals surface area contributed by atoms with E-state index in [2.05, 4.69) is 10.0 Å². The van der Waals surface area contributed by atoms with Gasteiger partial charge in [0.15, 0.2) is 0 Å². The van der Waals surface area contributed by atoms with Crippen molar-refractivity contribution in [3.05, 3.63) is 23.8 Å². The van der Waals surface area contributed by atoms with E-state index in [-0.39, 0.29) is 29.7 Å². The molecule has 0 saturated heterocycles. The molecule has 1 aromatic rings. The van der Waals surface area contributed by atoms with Crippen LogP contribution in [0.5, 0.6) is 0 Å². The Morgan fingerprint density at radius 1 is 1.30 bits per heavy atom. The number of rotatable bonds is 10. The largest absolute Gasteiger partial charge is 0.478 e. The van der Waals surface area contributed by atoms with Gasteiger partial charge in [-0.05, 0) is 25.1 Å². The third-order valence-corrected chi connectivity index (χ3v) is 4.41. The number of carboxylic acids is 1. The summed E-state index contributed by atoms with van der Waals surface area (Å²) >= 11 is 0. The van der Waals surface area contributed by atoms with Gasteiger partial charge in [0, 0.05) is 32.5 Å². The van der Waals surface area contributed by atoms with E-state index in [0.717, 1.165) is 6.07 Å². The van der Waals surface area contributed by atoms with Crippen LogP contribution in [0.1, 0.15) is 17.3 Å². The molecule has 0 aliphatic heterocycles. The van der Waals surface area contributed by atoms with Gasteiger partial charge < -0.3 is 19.9 Å². The zero-order chi connectivity index (χ0) is 17.5. The minimum Gasteiger partial charge on any atom is -0.478 e. The van der Waals surface area contributed by atoms with E-state index in [4.69, 9.17) is 9.47 Å². The van der Waals surface area contributed by atoms with Crippen LogP contribution < -0.4 is 10.0 Å². The van der Waals surface area contributed by atoms with Crippen LogP contribution in [0.25, 0.3) is 0 Å². The summed E-state index contributed by atoms with van der Waals surface area (Å²) in [7, 11) is -0.794. The molecule has 1 rings (SSSR count). The van der Waals surface area contributed by atoms with Crippen molar-refractivity contribution in [2.75, 3.05) is 39.3 Å². The van der Waals surface area contributed by atoms with Crippen LogP contribution in [0.15, 0.2) is 23.1 Å². The van der Waals surface area contributed by atoms with Gasteiger partial charge in [0.1, 0.15) is 0 Å². The number of carboxylic acid groups (broad SMARTS) is 1. The number of nitrogens with one attached hydrogen (secondary N) is 2. The van der Waals surface area contributed by atoms with E-state index < -0.39 is 16.0 Å². The molecule has 0 saturated carbocycles. The molecule has 23 heavy (non-hydrogen) atoms. The molecule has 0 radical (unpaired) electrons.